The summed E-state index contributed by atoms with van der Waals surface area (Å²) >= 11 is 0. The molecule has 1 atom stereocenters. The van der Waals surface area contributed by atoms with Gasteiger partial charge in [0.05, 0.1) is 11.9 Å². The number of hydrogen-bond acceptors (Lipinski definition) is 3. The molecule has 1 aromatic heterocycles. The number of aryl methyl sites for hydroxylation is 1. The number of hydrogen-bond donors (Lipinski definition) is 1. The number of benzene rings is 1. The molecule has 18 heavy (non-hydrogen) atoms. The minimum absolute atomic E-state index is 0.491. The molecule has 3 rings (SSSR count). The molecule has 0 amide bonds. The minimum Gasteiger partial charge on any atom is -0.384 e. The molecule has 0 spiro atoms. The van der Waals surface area contributed by atoms with E-state index >= 15 is 0 Å². The summed E-state index contributed by atoms with van der Waals surface area (Å²) < 4.78 is 0. The molecule has 92 valence electrons. The normalized spacial score (nSPS) is 18.5. The molecule has 0 bridgehead atoms. The molecule has 0 saturated carbocycles. The molecule has 2 N–H and O–H groups in total. The maximum Gasteiger partial charge on any atom is 0.123 e. The molecule has 3 heteroatoms. The number of fused-ring (bicyclic) bond motifs is 1. The van der Waals surface area contributed by atoms with Crippen molar-refractivity contribution in [3.05, 3.63) is 48.2 Å². The van der Waals surface area contributed by atoms with E-state index < -0.39 is 0 Å². The first-order chi connectivity index (χ1) is 8.75. The highest BCUT2D eigenvalue weighted by Gasteiger charge is 2.23. The van der Waals surface area contributed by atoms with Gasteiger partial charge in [-0.1, -0.05) is 18.2 Å². The van der Waals surface area contributed by atoms with Gasteiger partial charge < -0.3 is 10.6 Å². The van der Waals surface area contributed by atoms with Crippen molar-refractivity contribution in [2.24, 2.45) is 0 Å². The topological polar surface area (TPSA) is 42.1 Å². The van der Waals surface area contributed by atoms with Crippen molar-refractivity contribution in [3.8, 4) is 0 Å². The van der Waals surface area contributed by atoms with Crippen molar-refractivity contribution in [3.63, 3.8) is 0 Å². The zero-order valence-electron chi connectivity index (χ0n) is 10.5. The average Bonchev–Trinajstić information content (AvgIpc) is 2.40. The van der Waals surface area contributed by atoms with Crippen LogP contribution in [0.25, 0.3) is 0 Å². The average molecular weight is 239 g/mol. The minimum atomic E-state index is 0.491. The summed E-state index contributed by atoms with van der Waals surface area (Å²) in [5.74, 6) is 0.566. The SMILES string of the molecule is CC1CCc2ccccc2N1c1ccc(N)nc1. The summed E-state index contributed by atoms with van der Waals surface area (Å²) in [5, 5.41) is 0. The van der Waals surface area contributed by atoms with Crippen molar-refractivity contribution in [1.29, 1.82) is 0 Å². The van der Waals surface area contributed by atoms with Crippen LogP contribution in [-0.4, -0.2) is 11.0 Å². The first-order valence-electron chi connectivity index (χ1n) is 6.34. The van der Waals surface area contributed by atoms with Gasteiger partial charge in [-0.2, -0.15) is 0 Å². The summed E-state index contributed by atoms with van der Waals surface area (Å²) in [6, 6.07) is 13.0. The van der Waals surface area contributed by atoms with Crippen LogP contribution >= 0.6 is 0 Å². The largest absolute Gasteiger partial charge is 0.384 e. The van der Waals surface area contributed by atoms with E-state index in [0.717, 1.165) is 12.1 Å². The Morgan fingerprint density at radius 1 is 1.22 bits per heavy atom. The lowest BCUT2D eigenvalue weighted by molar-refractivity contribution is 0.617. The third-order valence-electron chi connectivity index (χ3n) is 3.57. The van der Waals surface area contributed by atoms with Crippen molar-refractivity contribution < 1.29 is 0 Å². The Morgan fingerprint density at radius 2 is 2.06 bits per heavy atom. The summed E-state index contributed by atoms with van der Waals surface area (Å²) in [6.45, 7) is 2.26. The highest BCUT2D eigenvalue weighted by Crippen LogP contribution is 2.36. The lowest BCUT2D eigenvalue weighted by Crippen LogP contribution is -2.33. The Kier molecular flexibility index (Phi) is 2.67. The van der Waals surface area contributed by atoms with E-state index in [4.69, 9.17) is 5.73 Å². The zero-order valence-corrected chi connectivity index (χ0v) is 10.5. The van der Waals surface area contributed by atoms with Gasteiger partial charge in [0, 0.05) is 11.7 Å². The van der Waals surface area contributed by atoms with E-state index in [0.29, 0.717) is 11.9 Å². The molecular weight excluding hydrogens is 222 g/mol. The maximum atomic E-state index is 5.66. The Bertz CT molecular complexity index is 548. The molecule has 0 fully saturated rings. The van der Waals surface area contributed by atoms with Gasteiger partial charge in [-0.25, -0.2) is 4.98 Å². The number of aromatic nitrogens is 1. The molecule has 1 unspecified atom stereocenters. The van der Waals surface area contributed by atoms with Crippen LogP contribution in [0.1, 0.15) is 18.9 Å². The molecule has 1 aromatic carbocycles. The van der Waals surface area contributed by atoms with Crippen molar-refractivity contribution in [2.75, 3.05) is 10.6 Å². The number of nitrogens with zero attached hydrogens (tertiary/aromatic N) is 2. The van der Waals surface area contributed by atoms with Crippen molar-refractivity contribution in [2.45, 2.75) is 25.8 Å². The third kappa shape index (κ3) is 1.82. The van der Waals surface area contributed by atoms with E-state index in [9.17, 15) is 0 Å². The van der Waals surface area contributed by atoms with Gasteiger partial charge in [-0.15, -0.1) is 0 Å². The number of rotatable bonds is 1. The standard InChI is InChI=1S/C15H17N3/c1-11-6-7-12-4-2-3-5-14(12)18(11)13-8-9-15(16)17-10-13/h2-5,8-11H,6-7H2,1H3,(H2,16,17). The fourth-order valence-corrected chi connectivity index (χ4v) is 2.62. The van der Waals surface area contributed by atoms with Crippen LogP contribution in [0, 0.1) is 0 Å². The molecule has 0 aliphatic carbocycles. The Morgan fingerprint density at radius 3 is 2.83 bits per heavy atom. The first-order valence-corrected chi connectivity index (χ1v) is 6.34. The van der Waals surface area contributed by atoms with Crippen molar-refractivity contribution in [1.82, 2.24) is 4.98 Å². The molecular formula is C15H17N3. The van der Waals surface area contributed by atoms with Crippen molar-refractivity contribution >= 4 is 17.2 Å². The van der Waals surface area contributed by atoms with Crippen LogP contribution in [0.4, 0.5) is 17.2 Å². The Balaban J connectivity index is 2.07. The van der Waals surface area contributed by atoms with E-state index in [1.54, 1.807) is 0 Å². The second-order valence-corrected chi connectivity index (χ2v) is 4.83. The van der Waals surface area contributed by atoms with E-state index in [1.165, 1.54) is 17.7 Å². The molecule has 3 nitrogen and oxygen atoms in total. The summed E-state index contributed by atoms with van der Waals surface area (Å²) in [4.78, 5) is 6.55. The second-order valence-electron chi connectivity index (χ2n) is 4.83. The lowest BCUT2D eigenvalue weighted by Gasteiger charge is -2.36. The molecule has 0 radical (unpaired) electrons. The number of nitrogen functional groups attached to an aromatic ring is 1. The number of anilines is 3. The molecule has 1 aliphatic rings. The number of nitrogens with two attached hydrogens (primary N) is 1. The monoisotopic (exact) mass is 239 g/mol. The Labute approximate surface area is 107 Å². The van der Waals surface area contributed by atoms with Gasteiger partial charge in [-0.05, 0) is 43.5 Å². The smallest absolute Gasteiger partial charge is 0.123 e. The maximum absolute atomic E-state index is 5.66. The van der Waals surface area contributed by atoms with E-state index in [1.807, 2.05) is 18.3 Å². The van der Waals surface area contributed by atoms with Gasteiger partial charge in [0.25, 0.3) is 0 Å². The van der Waals surface area contributed by atoms with Gasteiger partial charge >= 0.3 is 0 Å². The zero-order chi connectivity index (χ0) is 12.5. The van der Waals surface area contributed by atoms with Gasteiger partial charge in [0.2, 0.25) is 0 Å². The molecule has 1 aliphatic heterocycles. The summed E-state index contributed by atoms with van der Waals surface area (Å²) in [7, 11) is 0. The molecule has 0 saturated heterocycles. The molecule has 2 aromatic rings. The van der Waals surface area contributed by atoms with Gasteiger partial charge in [0.15, 0.2) is 0 Å². The van der Waals surface area contributed by atoms with Crippen LogP contribution in [0.3, 0.4) is 0 Å². The van der Waals surface area contributed by atoms with Crippen LogP contribution < -0.4 is 10.6 Å². The fourth-order valence-electron chi connectivity index (χ4n) is 2.62. The summed E-state index contributed by atoms with van der Waals surface area (Å²) in [5.41, 5.74) is 9.47. The Hall–Kier alpha value is -2.03. The third-order valence-corrected chi connectivity index (χ3v) is 3.57. The highest BCUT2D eigenvalue weighted by atomic mass is 15.2. The predicted molar refractivity (Wildman–Crippen MR) is 75.0 cm³/mol. The first kappa shape index (κ1) is 11.1. The van der Waals surface area contributed by atoms with Gasteiger partial charge in [-0.3, -0.25) is 0 Å². The van der Waals surface area contributed by atoms with Gasteiger partial charge in [0.1, 0.15) is 5.82 Å². The highest BCUT2D eigenvalue weighted by molar-refractivity contribution is 5.68. The van der Waals surface area contributed by atoms with Crippen LogP contribution in [0.15, 0.2) is 42.6 Å². The molecule has 2 heterocycles. The number of para-hydroxylation sites is 1. The van der Waals surface area contributed by atoms with E-state index in [-0.39, 0.29) is 0 Å². The fraction of sp³-hybridized carbons (Fsp3) is 0.267. The van der Waals surface area contributed by atoms with E-state index in [2.05, 4.69) is 41.1 Å². The van der Waals surface area contributed by atoms with Crippen LogP contribution in [0.5, 0.6) is 0 Å². The summed E-state index contributed by atoms with van der Waals surface area (Å²) in [6.07, 6.45) is 4.17. The predicted octanol–water partition coefficient (Wildman–Crippen LogP) is 3.14. The number of pyridine rings is 1. The second kappa shape index (κ2) is 4.33. The quantitative estimate of drug-likeness (QED) is 0.831. The van der Waals surface area contributed by atoms with Crippen LogP contribution in [-0.2, 0) is 6.42 Å². The van der Waals surface area contributed by atoms with Crippen LogP contribution in [0.2, 0.25) is 0 Å². The lowest BCUT2D eigenvalue weighted by atomic mass is 9.96.